The highest BCUT2D eigenvalue weighted by molar-refractivity contribution is 7.89. The Morgan fingerprint density at radius 1 is 1.17 bits per heavy atom. The Hall–Kier alpha value is -2.49. The average Bonchev–Trinajstić information content (AvgIpc) is 3.44. The van der Waals surface area contributed by atoms with Gasteiger partial charge in [-0.25, -0.2) is 13.1 Å². The zero-order valence-electron chi connectivity index (χ0n) is 16.6. The lowest BCUT2D eigenvalue weighted by molar-refractivity contribution is -0.118. The number of anilines is 1. The number of hydrogen-bond donors (Lipinski definition) is 1. The van der Waals surface area contributed by atoms with Crippen molar-refractivity contribution in [3.63, 3.8) is 0 Å². The van der Waals surface area contributed by atoms with Crippen LogP contribution in [0, 0.1) is 0 Å². The summed E-state index contributed by atoms with van der Waals surface area (Å²) in [5.74, 6) is 0.136. The van der Waals surface area contributed by atoms with Gasteiger partial charge in [0.1, 0.15) is 0 Å². The van der Waals surface area contributed by atoms with E-state index in [9.17, 15) is 13.2 Å². The third-order valence-corrected chi connectivity index (χ3v) is 8.28. The summed E-state index contributed by atoms with van der Waals surface area (Å²) in [4.78, 5) is 16.4. The summed E-state index contributed by atoms with van der Waals surface area (Å²) in [6.45, 7) is 0.988. The molecule has 0 saturated carbocycles. The second-order valence-corrected chi connectivity index (χ2v) is 10.6. The first-order chi connectivity index (χ1) is 14.4. The van der Waals surface area contributed by atoms with Crippen LogP contribution in [-0.2, 0) is 41.1 Å². The van der Waals surface area contributed by atoms with Gasteiger partial charge in [-0.1, -0.05) is 0 Å². The lowest BCUT2D eigenvalue weighted by atomic mass is 10.00. The summed E-state index contributed by atoms with van der Waals surface area (Å²) in [7, 11) is -1.71. The van der Waals surface area contributed by atoms with Crippen LogP contribution in [0.2, 0.25) is 0 Å². The first-order valence-electron chi connectivity index (χ1n) is 9.94. The third-order valence-electron chi connectivity index (χ3n) is 5.65. The van der Waals surface area contributed by atoms with Crippen LogP contribution in [0.4, 0.5) is 5.69 Å². The quantitative estimate of drug-likeness (QED) is 0.636. The summed E-state index contributed by atoms with van der Waals surface area (Å²) in [5, 5.41) is 4.19. The molecule has 0 bridgehead atoms. The van der Waals surface area contributed by atoms with Crippen LogP contribution in [0.25, 0.3) is 10.4 Å². The summed E-state index contributed by atoms with van der Waals surface area (Å²) in [5.41, 5.74) is 3.92. The van der Waals surface area contributed by atoms with Crippen LogP contribution < -0.4 is 9.62 Å². The molecule has 0 aliphatic carbocycles. The molecule has 2 aromatic heterocycles. The topological polar surface area (TPSA) is 84.3 Å². The summed E-state index contributed by atoms with van der Waals surface area (Å²) < 4.78 is 30.3. The van der Waals surface area contributed by atoms with Crippen molar-refractivity contribution < 1.29 is 13.2 Å². The third kappa shape index (κ3) is 3.46. The maximum atomic E-state index is 12.9. The van der Waals surface area contributed by atoms with Gasteiger partial charge in [-0.3, -0.25) is 9.48 Å². The Bertz CT molecular complexity index is 1240. The molecule has 0 atom stereocenters. The molecular formula is C21H22N4O3S2. The van der Waals surface area contributed by atoms with E-state index in [2.05, 4.69) is 9.82 Å². The molecule has 0 fully saturated rings. The van der Waals surface area contributed by atoms with Crippen LogP contribution in [0.3, 0.4) is 0 Å². The molecule has 1 aromatic carbocycles. The Morgan fingerprint density at radius 2 is 1.97 bits per heavy atom. The minimum atomic E-state index is -3.60. The largest absolute Gasteiger partial charge is 0.312 e. The predicted octanol–water partition coefficient (Wildman–Crippen LogP) is 2.50. The van der Waals surface area contributed by atoms with Crippen molar-refractivity contribution in [2.45, 2.75) is 30.6 Å². The number of carbonyl (C=O) groups is 1. The summed E-state index contributed by atoms with van der Waals surface area (Å²) in [6.07, 6.45) is 6.18. The molecular weight excluding hydrogens is 420 g/mol. The van der Waals surface area contributed by atoms with Gasteiger partial charge >= 0.3 is 0 Å². The SMILES string of the molecule is Cn1cc(-c2ccc(CCNS(=O)(=O)c3cc4c5c(c3)CCN5C(=O)CC4)s2)cn1. The number of nitrogens with zero attached hydrogens (tertiary/aromatic N) is 3. The first kappa shape index (κ1) is 19.5. The van der Waals surface area contributed by atoms with Gasteiger partial charge in [-0.15, -0.1) is 11.3 Å². The molecule has 1 N–H and O–H groups in total. The monoisotopic (exact) mass is 442 g/mol. The molecule has 9 heteroatoms. The maximum Gasteiger partial charge on any atom is 0.240 e. The smallest absolute Gasteiger partial charge is 0.240 e. The van der Waals surface area contributed by atoms with E-state index in [0.29, 0.717) is 43.7 Å². The molecule has 3 aromatic rings. The molecule has 5 rings (SSSR count). The van der Waals surface area contributed by atoms with E-state index in [0.717, 1.165) is 32.1 Å². The molecule has 7 nitrogen and oxygen atoms in total. The number of amides is 1. The highest BCUT2D eigenvalue weighted by Crippen LogP contribution is 2.38. The first-order valence-corrected chi connectivity index (χ1v) is 12.2. The fourth-order valence-electron chi connectivity index (χ4n) is 4.19. The number of benzene rings is 1. The number of aromatic nitrogens is 2. The van der Waals surface area contributed by atoms with Gasteiger partial charge in [-0.05, 0) is 54.7 Å². The lowest BCUT2D eigenvalue weighted by Crippen LogP contribution is -2.33. The van der Waals surface area contributed by atoms with E-state index in [1.54, 1.807) is 33.1 Å². The highest BCUT2D eigenvalue weighted by atomic mass is 32.2. The van der Waals surface area contributed by atoms with Crippen molar-refractivity contribution in [2.75, 3.05) is 18.0 Å². The van der Waals surface area contributed by atoms with Crippen molar-refractivity contribution in [1.82, 2.24) is 14.5 Å². The van der Waals surface area contributed by atoms with Crippen LogP contribution in [-0.4, -0.2) is 37.2 Å². The Kier molecular flexibility index (Phi) is 4.76. The van der Waals surface area contributed by atoms with Crippen molar-refractivity contribution in [1.29, 1.82) is 0 Å². The van der Waals surface area contributed by atoms with Gasteiger partial charge in [0.05, 0.1) is 16.8 Å². The molecule has 0 spiro atoms. The van der Waals surface area contributed by atoms with E-state index in [-0.39, 0.29) is 5.91 Å². The predicted molar refractivity (Wildman–Crippen MR) is 116 cm³/mol. The van der Waals surface area contributed by atoms with Crippen molar-refractivity contribution in [3.8, 4) is 10.4 Å². The zero-order chi connectivity index (χ0) is 20.9. The normalized spacial score (nSPS) is 15.6. The molecule has 2 aliphatic rings. The molecule has 0 unspecified atom stereocenters. The average molecular weight is 443 g/mol. The highest BCUT2D eigenvalue weighted by Gasteiger charge is 2.32. The van der Waals surface area contributed by atoms with Crippen molar-refractivity contribution >= 4 is 33.0 Å². The standard InChI is InChI=1S/C21H22N4O3S2/c1-24-13-16(12-22-24)19-4-3-17(29-19)6-8-23-30(27,28)18-10-14-2-5-20(26)25-9-7-15(11-18)21(14)25/h3-4,10-13,23H,2,5-9H2,1H3. The fraction of sp³-hybridized carbons (Fsp3) is 0.333. The number of sulfonamides is 1. The van der Waals surface area contributed by atoms with Gasteiger partial charge in [0, 0.05) is 48.1 Å². The summed E-state index contributed by atoms with van der Waals surface area (Å²) >= 11 is 1.65. The van der Waals surface area contributed by atoms with Gasteiger partial charge in [0.2, 0.25) is 15.9 Å². The van der Waals surface area contributed by atoms with E-state index in [1.165, 1.54) is 0 Å². The number of thiophene rings is 1. The number of aryl methyl sites for hydroxylation is 2. The van der Waals surface area contributed by atoms with Gasteiger partial charge < -0.3 is 4.90 Å². The van der Waals surface area contributed by atoms with Crippen LogP contribution in [0.5, 0.6) is 0 Å². The molecule has 0 radical (unpaired) electrons. The number of nitrogens with one attached hydrogen (secondary N) is 1. The fourth-order valence-corrected chi connectivity index (χ4v) is 6.30. The Labute approximate surface area is 179 Å². The maximum absolute atomic E-state index is 12.9. The Morgan fingerprint density at radius 3 is 2.73 bits per heavy atom. The zero-order valence-corrected chi connectivity index (χ0v) is 18.2. The molecule has 156 valence electrons. The van der Waals surface area contributed by atoms with Gasteiger partial charge in [0.25, 0.3) is 0 Å². The Balaban J connectivity index is 1.28. The summed E-state index contributed by atoms with van der Waals surface area (Å²) in [6, 6.07) is 7.54. The molecule has 1 amide bonds. The minimum absolute atomic E-state index is 0.136. The number of rotatable bonds is 6. The molecule has 30 heavy (non-hydrogen) atoms. The van der Waals surface area contributed by atoms with E-state index >= 15 is 0 Å². The molecule has 2 aliphatic heterocycles. The lowest BCUT2D eigenvalue weighted by Gasteiger charge is -2.25. The van der Waals surface area contributed by atoms with Crippen LogP contribution >= 0.6 is 11.3 Å². The second kappa shape index (κ2) is 7.33. The number of hydrogen-bond acceptors (Lipinski definition) is 5. The van der Waals surface area contributed by atoms with E-state index < -0.39 is 10.0 Å². The van der Waals surface area contributed by atoms with Crippen LogP contribution in [0.1, 0.15) is 22.4 Å². The van der Waals surface area contributed by atoms with E-state index in [4.69, 9.17) is 0 Å². The van der Waals surface area contributed by atoms with Crippen molar-refractivity contribution in [3.05, 3.63) is 52.7 Å². The molecule has 0 saturated heterocycles. The number of carbonyl (C=O) groups excluding carboxylic acids is 1. The van der Waals surface area contributed by atoms with Gasteiger partial charge in [0.15, 0.2) is 0 Å². The second-order valence-electron chi connectivity index (χ2n) is 7.70. The van der Waals surface area contributed by atoms with Crippen LogP contribution in [0.15, 0.2) is 41.6 Å². The van der Waals surface area contributed by atoms with Crippen molar-refractivity contribution in [2.24, 2.45) is 7.05 Å². The van der Waals surface area contributed by atoms with E-state index in [1.807, 2.05) is 31.6 Å². The minimum Gasteiger partial charge on any atom is -0.312 e. The molecule has 4 heterocycles. The van der Waals surface area contributed by atoms with Gasteiger partial charge in [-0.2, -0.15) is 5.10 Å².